The van der Waals surface area contributed by atoms with Gasteiger partial charge in [-0.05, 0) is 48.1 Å². The van der Waals surface area contributed by atoms with Gasteiger partial charge in [0.15, 0.2) is 0 Å². The first-order chi connectivity index (χ1) is 9.15. The molecule has 5 heteroatoms. The zero-order chi connectivity index (χ0) is 13.7. The van der Waals surface area contributed by atoms with Gasteiger partial charge in [-0.25, -0.2) is 0 Å². The minimum Gasteiger partial charge on any atom is -0.468 e. The van der Waals surface area contributed by atoms with Gasteiger partial charge < -0.3 is 14.6 Å². The maximum absolute atomic E-state index is 5.37. The molecule has 0 saturated carbocycles. The van der Waals surface area contributed by atoms with Crippen molar-refractivity contribution in [2.24, 2.45) is 0 Å². The summed E-state index contributed by atoms with van der Waals surface area (Å²) in [6, 6.07) is 6.37. The van der Waals surface area contributed by atoms with Crippen LogP contribution in [0.1, 0.15) is 23.6 Å². The van der Waals surface area contributed by atoms with E-state index in [1.54, 1.807) is 17.6 Å². The molecule has 1 N–H and O–H groups in total. The quantitative estimate of drug-likeness (QED) is 0.827. The van der Waals surface area contributed by atoms with Crippen molar-refractivity contribution in [2.75, 3.05) is 20.1 Å². The maximum Gasteiger partial charge on any atom is 0.120 e. The van der Waals surface area contributed by atoms with Crippen LogP contribution in [0.3, 0.4) is 0 Å². The van der Waals surface area contributed by atoms with Gasteiger partial charge in [0.2, 0.25) is 0 Å². The molecule has 0 spiro atoms. The first-order valence-electron chi connectivity index (χ1n) is 6.33. The number of hydrogen-bond acceptors (Lipinski definition) is 4. The highest BCUT2D eigenvalue weighted by molar-refractivity contribution is 9.10. The van der Waals surface area contributed by atoms with Crippen molar-refractivity contribution in [3.05, 3.63) is 45.0 Å². The summed E-state index contributed by atoms with van der Waals surface area (Å²) in [7, 11) is 2.15. The predicted octanol–water partition coefficient (Wildman–Crippen LogP) is 3.89. The number of nitrogens with zero attached hydrogens (tertiary/aromatic N) is 1. The van der Waals surface area contributed by atoms with Crippen molar-refractivity contribution in [2.45, 2.75) is 19.5 Å². The number of hydrogen-bond donors (Lipinski definition) is 1. The molecule has 2 heterocycles. The summed E-state index contributed by atoms with van der Waals surface area (Å²) in [5, 5.41) is 5.59. The van der Waals surface area contributed by atoms with E-state index in [1.165, 1.54) is 9.35 Å². The molecule has 19 heavy (non-hydrogen) atoms. The lowest BCUT2D eigenvalue weighted by Crippen LogP contribution is -2.30. The topological polar surface area (TPSA) is 28.4 Å². The Morgan fingerprint density at radius 3 is 3.00 bits per heavy atom. The number of likely N-dealkylation sites (N-methyl/N-ethyl adjacent to an activating group) is 1. The SMILES string of the molecule is CC(NCCN(C)Cc1cc(Br)cs1)c1ccco1. The normalized spacial score (nSPS) is 13.1. The van der Waals surface area contributed by atoms with Crippen LogP contribution in [0.2, 0.25) is 0 Å². The second kappa shape index (κ2) is 7.24. The molecule has 0 aliphatic rings. The van der Waals surface area contributed by atoms with E-state index in [9.17, 15) is 0 Å². The average Bonchev–Trinajstić information content (AvgIpc) is 3.00. The molecule has 0 amide bonds. The molecule has 0 radical (unpaired) electrons. The van der Waals surface area contributed by atoms with Crippen LogP contribution in [0.4, 0.5) is 0 Å². The summed E-state index contributed by atoms with van der Waals surface area (Å²) in [5.74, 6) is 0.991. The number of rotatable bonds is 7. The summed E-state index contributed by atoms with van der Waals surface area (Å²) in [4.78, 5) is 3.70. The lowest BCUT2D eigenvalue weighted by Gasteiger charge is -2.17. The van der Waals surface area contributed by atoms with Gasteiger partial charge in [-0.2, -0.15) is 0 Å². The summed E-state index contributed by atoms with van der Waals surface area (Å²) in [6.45, 7) is 5.08. The monoisotopic (exact) mass is 342 g/mol. The van der Waals surface area contributed by atoms with Crippen molar-refractivity contribution in [1.29, 1.82) is 0 Å². The van der Waals surface area contributed by atoms with Crippen LogP contribution in [0, 0.1) is 0 Å². The molecular formula is C14H19BrN2OS. The Bertz CT molecular complexity index is 483. The highest BCUT2D eigenvalue weighted by Crippen LogP contribution is 2.20. The fraction of sp³-hybridized carbons (Fsp3) is 0.429. The van der Waals surface area contributed by atoms with Gasteiger partial charge in [-0.3, -0.25) is 0 Å². The first kappa shape index (κ1) is 14.8. The van der Waals surface area contributed by atoms with Gasteiger partial charge in [0, 0.05) is 34.4 Å². The average molecular weight is 343 g/mol. The summed E-state index contributed by atoms with van der Waals surface area (Å²) in [5.41, 5.74) is 0. The van der Waals surface area contributed by atoms with Crippen LogP contribution < -0.4 is 5.32 Å². The molecule has 1 atom stereocenters. The highest BCUT2D eigenvalue weighted by Gasteiger charge is 2.08. The minimum atomic E-state index is 0.263. The summed E-state index contributed by atoms with van der Waals surface area (Å²) in [6.07, 6.45) is 1.72. The van der Waals surface area contributed by atoms with Gasteiger partial charge in [-0.1, -0.05) is 0 Å². The van der Waals surface area contributed by atoms with E-state index in [0.717, 1.165) is 25.4 Å². The van der Waals surface area contributed by atoms with Crippen molar-refractivity contribution in [1.82, 2.24) is 10.2 Å². The van der Waals surface area contributed by atoms with Gasteiger partial charge in [0.05, 0.1) is 12.3 Å². The van der Waals surface area contributed by atoms with E-state index < -0.39 is 0 Å². The fourth-order valence-corrected chi connectivity index (χ4v) is 3.42. The van der Waals surface area contributed by atoms with Crippen LogP contribution in [0.5, 0.6) is 0 Å². The van der Waals surface area contributed by atoms with Crippen molar-refractivity contribution in [3.63, 3.8) is 0 Å². The van der Waals surface area contributed by atoms with E-state index in [2.05, 4.69) is 51.6 Å². The van der Waals surface area contributed by atoms with Gasteiger partial charge >= 0.3 is 0 Å². The lowest BCUT2D eigenvalue weighted by atomic mass is 10.2. The molecule has 2 rings (SSSR count). The molecule has 2 aromatic heterocycles. The third-order valence-corrected chi connectivity index (χ3v) is 4.64. The molecule has 0 aliphatic carbocycles. The summed E-state index contributed by atoms with van der Waals surface area (Å²) >= 11 is 5.28. The molecular weight excluding hydrogens is 324 g/mol. The molecule has 104 valence electrons. The number of thiophene rings is 1. The number of halogens is 1. The molecule has 0 aliphatic heterocycles. The van der Waals surface area contributed by atoms with Crippen molar-refractivity contribution in [3.8, 4) is 0 Å². The Hall–Kier alpha value is -0.620. The fourth-order valence-electron chi connectivity index (χ4n) is 1.89. The standard InChI is InChI=1S/C14H19BrN2OS/c1-11(14-4-3-7-18-14)16-5-6-17(2)9-13-8-12(15)10-19-13/h3-4,7-8,10-11,16H,5-6,9H2,1-2H3. The smallest absolute Gasteiger partial charge is 0.120 e. The molecule has 0 aromatic carbocycles. The second-order valence-electron chi connectivity index (χ2n) is 4.66. The summed E-state index contributed by atoms with van der Waals surface area (Å²) < 4.78 is 6.54. The Labute approximate surface area is 126 Å². The van der Waals surface area contributed by atoms with Crippen molar-refractivity contribution >= 4 is 27.3 Å². The van der Waals surface area contributed by atoms with Gasteiger partial charge in [0.25, 0.3) is 0 Å². The van der Waals surface area contributed by atoms with Crippen LogP contribution in [0.15, 0.2) is 38.7 Å². The third-order valence-electron chi connectivity index (χ3n) is 2.96. The van der Waals surface area contributed by atoms with Crippen LogP contribution in [-0.4, -0.2) is 25.0 Å². The lowest BCUT2D eigenvalue weighted by molar-refractivity contribution is 0.315. The minimum absolute atomic E-state index is 0.263. The van der Waals surface area contributed by atoms with E-state index >= 15 is 0 Å². The van der Waals surface area contributed by atoms with E-state index in [-0.39, 0.29) is 6.04 Å². The molecule has 2 aromatic rings. The second-order valence-corrected chi connectivity index (χ2v) is 6.57. The molecule has 0 bridgehead atoms. The van der Waals surface area contributed by atoms with Crippen LogP contribution in [0.25, 0.3) is 0 Å². The highest BCUT2D eigenvalue weighted by atomic mass is 79.9. The Morgan fingerprint density at radius 2 is 2.37 bits per heavy atom. The Balaban J connectivity index is 1.68. The largest absolute Gasteiger partial charge is 0.468 e. The van der Waals surface area contributed by atoms with E-state index in [0.29, 0.717) is 0 Å². The third kappa shape index (κ3) is 4.76. The molecule has 1 unspecified atom stereocenters. The zero-order valence-corrected chi connectivity index (χ0v) is 13.6. The Kier molecular flexibility index (Phi) is 5.63. The predicted molar refractivity (Wildman–Crippen MR) is 83.5 cm³/mol. The molecule has 3 nitrogen and oxygen atoms in total. The van der Waals surface area contributed by atoms with Crippen LogP contribution >= 0.6 is 27.3 Å². The molecule has 0 saturated heterocycles. The number of furan rings is 1. The van der Waals surface area contributed by atoms with Gasteiger partial charge in [0.1, 0.15) is 5.76 Å². The van der Waals surface area contributed by atoms with Crippen LogP contribution in [-0.2, 0) is 6.54 Å². The van der Waals surface area contributed by atoms with E-state index in [1.807, 2.05) is 12.1 Å². The zero-order valence-electron chi connectivity index (χ0n) is 11.2. The van der Waals surface area contributed by atoms with E-state index in [4.69, 9.17) is 4.42 Å². The first-order valence-corrected chi connectivity index (χ1v) is 8.00. The number of nitrogens with one attached hydrogen (secondary N) is 1. The maximum atomic E-state index is 5.37. The Morgan fingerprint density at radius 1 is 1.53 bits per heavy atom. The van der Waals surface area contributed by atoms with Crippen molar-refractivity contribution < 1.29 is 4.42 Å². The van der Waals surface area contributed by atoms with Gasteiger partial charge in [-0.15, -0.1) is 11.3 Å². The molecule has 0 fully saturated rings.